The van der Waals surface area contributed by atoms with Crippen molar-refractivity contribution >= 4 is 83.8 Å². The third-order valence-corrected chi connectivity index (χ3v) is 6.26. The lowest BCUT2D eigenvalue weighted by Gasteiger charge is -2.07. The first-order valence-electron chi connectivity index (χ1n) is 8.06. The van der Waals surface area contributed by atoms with Gasteiger partial charge in [0.2, 0.25) is 5.89 Å². The number of fused-ring (bicyclic) bond motifs is 1. The standard InChI is InChI=1S/C20H11BrI2N2O3/c21-14-7-10(1-5-17(14)26)20-25-16-9-12(3-6-18(16)28-20)24-19(27)13-8-11(22)2-4-15(13)23/h1-9,26H,(H,24,27). The average Bonchev–Trinajstić information content (AvgIpc) is 3.09. The summed E-state index contributed by atoms with van der Waals surface area (Å²) in [5, 5.41) is 12.6. The van der Waals surface area contributed by atoms with Crippen LogP contribution in [-0.4, -0.2) is 16.0 Å². The van der Waals surface area contributed by atoms with Crippen LogP contribution in [0.2, 0.25) is 0 Å². The normalized spacial score (nSPS) is 11.0. The van der Waals surface area contributed by atoms with Gasteiger partial charge in [-0.05, 0) is 116 Å². The summed E-state index contributed by atoms with van der Waals surface area (Å²) in [7, 11) is 0. The molecule has 1 aromatic heterocycles. The summed E-state index contributed by atoms with van der Waals surface area (Å²) in [6.45, 7) is 0. The highest BCUT2D eigenvalue weighted by Gasteiger charge is 2.14. The summed E-state index contributed by atoms with van der Waals surface area (Å²) < 4.78 is 8.25. The van der Waals surface area contributed by atoms with Crippen LogP contribution in [0.25, 0.3) is 22.6 Å². The lowest BCUT2D eigenvalue weighted by Crippen LogP contribution is -2.13. The number of oxazole rings is 1. The van der Waals surface area contributed by atoms with E-state index in [1.165, 1.54) is 0 Å². The van der Waals surface area contributed by atoms with Crippen LogP contribution in [0.4, 0.5) is 5.69 Å². The highest BCUT2D eigenvalue weighted by molar-refractivity contribution is 14.1. The van der Waals surface area contributed by atoms with E-state index in [-0.39, 0.29) is 11.7 Å². The van der Waals surface area contributed by atoms with Crippen molar-refractivity contribution in [2.75, 3.05) is 5.32 Å². The van der Waals surface area contributed by atoms with Crippen molar-refractivity contribution in [3.63, 3.8) is 0 Å². The van der Waals surface area contributed by atoms with Crippen LogP contribution in [0.3, 0.4) is 0 Å². The van der Waals surface area contributed by atoms with Gasteiger partial charge in [0.05, 0.1) is 10.0 Å². The number of carbonyl (C=O) groups excluding carboxylic acids is 1. The molecule has 0 atom stereocenters. The highest BCUT2D eigenvalue weighted by atomic mass is 127. The van der Waals surface area contributed by atoms with Gasteiger partial charge < -0.3 is 14.8 Å². The van der Waals surface area contributed by atoms with Gasteiger partial charge in [-0.2, -0.15) is 0 Å². The quantitative estimate of drug-likeness (QED) is 0.249. The van der Waals surface area contributed by atoms with Gasteiger partial charge in [-0.25, -0.2) is 4.98 Å². The summed E-state index contributed by atoms with van der Waals surface area (Å²) >= 11 is 7.63. The number of carbonyl (C=O) groups is 1. The van der Waals surface area contributed by atoms with Gasteiger partial charge in [0, 0.05) is 18.4 Å². The van der Waals surface area contributed by atoms with Crippen LogP contribution in [0, 0.1) is 7.14 Å². The number of rotatable bonds is 3. The Hall–Kier alpha value is -1.66. The number of hydrogen-bond donors (Lipinski definition) is 2. The van der Waals surface area contributed by atoms with Crippen molar-refractivity contribution in [1.82, 2.24) is 4.98 Å². The molecule has 0 unspecified atom stereocenters. The van der Waals surface area contributed by atoms with E-state index < -0.39 is 0 Å². The number of phenols is 1. The predicted octanol–water partition coefficient (Wildman–Crippen LogP) is 6.42. The molecule has 8 heteroatoms. The largest absolute Gasteiger partial charge is 0.507 e. The van der Waals surface area contributed by atoms with E-state index in [9.17, 15) is 9.90 Å². The van der Waals surface area contributed by atoms with Gasteiger partial charge in [-0.3, -0.25) is 4.79 Å². The maximum Gasteiger partial charge on any atom is 0.256 e. The first-order valence-corrected chi connectivity index (χ1v) is 11.0. The molecule has 1 heterocycles. The second-order valence-electron chi connectivity index (χ2n) is 5.95. The van der Waals surface area contributed by atoms with E-state index in [0.29, 0.717) is 32.7 Å². The highest BCUT2D eigenvalue weighted by Crippen LogP contribution is 2.31. The number of nitrogens with one attached hydrogen (secondary N) is 1. The smallest absolute Gasteiger partial charge is 0.256 e. The fourth-order valence-corrected chi connectivity index (χ4v) is 4.09. The molecular weight excluding hydrogens is 650 g/mol. The third kappa shape index (κ3) is 4.03. The number of anilines is 1. The van der Waals surface area contributed by atoms with Crippen LogP contribution in [0.15, 0.2) is 63.5 Å². The van der Waals surface area contributed by atoms with Crippen molar-refractivity contribution in [1.29, 1.82) is 0 Å². The molecule has 0 spiro atoms. The van der Waals surface area contributed by atoms with Gasteiger partial charge in [0.25, 0.3) is 5.91 Å². The van der Waals surface area contributed by atoms with Crippen molar-refractivity contribution in [3.8, 4) is 17.2 Å². The number of halogens is 3. The minimum absolute atomic E-state index is 0.148. The zero-order valence-corrected chi connectivity index (χ0v) is 19.9. The summed E-state index contributed by atoms with van der Waals surface area (Å²) in [5.41, 5.74) is 3.25. The summed E-state index contributed by atoms with van der Waals surface area (Å²) in [4.78, 5) is 17.1. The Morgan fingerprint density at radius 3 is 2.68 bits per heavy atom. The number of phenolic OH excluding ortho intramolecular Hbond substituents is 1. The Morgan fingerprint density at radius 1 is 1.07 bits per heavy atom. The van der Waals surface area contributed by atoms with Gasteiger partial charge in [-0.15, -0.1) is 0 Å². The monoisotopic (exact) mass is 660 g/mol. The molecule has 0 aliphatic rings. The Balaban J connectivity index is 1.63. The molecule has 1 amide bonds. The number of aromatic nitrogens is 1. The minimum atomic E-state index is -0.173. The van der Waals surface area contributed by atoms with E-state index in [4.69, 9.17) is 4.42 Å². The van der Waals surface area contributed by atoms with E-state index in [0.717, 1.165) is 12.7 Å². The molecular formula is C20H11BrI2N2O3. The van der Waals surface area contributed by atoms with Gasteiger partial charge in [0.15, 0.2) is 5.58 Å². The summed E-state index contributed by atoms with van der Waals surface area (Å²) in [6, 6.07) is 16.1. The zero-order valence-electron chi connectivity index (χ0n) is 14.0. The van der Waals surface area contributed by atoms with Crippen molar-refractivity contribution in [2.45, 2.75) is 0 Å². The predicted molar refractivity (Wildman–Crippen MR) is 129 cm³/mol. The average molecular weight is 661 g/mol. The second kappa shape index (κ2) is 7.99. The number of aromatic hydroxyl groups is 1. The van der Waals surface area contributed by atoms with Gasteiger partial charge in [0.1, 0.15) is 11.3 Å². The molecule has 0 radical (unpaired) electrons. The molecule has 3 aromatic carbocycles. The number of nitrogens with zero attached hydrogens (tertiary/aromatic N) is 1. The van der Waals surface area contributed by atoms with Gasteiger partial charge >= 0.3 is 0 Å². The SMILES string of the molecule is O=C(Nc1ccc2oc(-c3ccc(O)c(Br)c3)nc2c1)c1cc(I)ccc1I. The molecule has 28 heavy (non-hydrogen) atoms. The Bertz CT molecular complexity index is 1220. The molecule has 4 aromatic rings. The molecule has 0 bridgehead atoms. The van der Waals surface area contributed by atoms with Crippen LogP contribution in [-0.2, 0) is 0 Å². The fraction of sp³-hybridized carbons (Fsp3) is 0. The molecule has 0 saturated carbocycles. The van der Waals surface area contributed by atoms with E-state index in [1.54, 1.807) is 36.4 Å². The molecule has 0 fully saturated rings. The van der Waals surface area contributed by atoms with E-state index in [2.05, 4.69) is 71.4 Å². The molecule has 140 valence electrons. The Labute approximate surface area is 196 Å². The van der Waals surface area contributed by atoms with Crippen molar-refractivity contribution in [2.24, 2.45) is 0 Å². The van der Waals surface area contributed by atoms with Crippen LogP contribution in [0.5, 0.6) is 5.75 Å². The molecule has 0 saturated heterocycles. The van der Waals surface area contributed by atoms with Crippen molar-refractivity contribution in [3.05, 3.63) is 71.8 Å². The second-order valence-corrected chi connectivity index (χ2v) is 9.21. The maximum atomic E-state index is 12.6. The van der Waals surface area contributed by atoms with Crippen molar-refractivity contribution < 1.29 is 14.3 Å². The minimum Gasteiger partial charge on any atom is -0.507 e. The number of amides is 1. The van der Waals surface area contributed by atoms with Crippen LogP contribution < -0.4 is 5.32 Å². The Morgan fingerprint density at radius 2 is 1.89 bits per heavy atom. The molecule has 0 aliphatic carbocycles. The van der Waals surface area contributed by atoms with Crippen LogP contribution in [0.1, 0.15) is 10.4 Å². The molecule has 5 nitrogen and oxygen atoms in total. The third-order valence-electron chi connectivity index (χ3n) is 4.01. The number of benzene rings is 3. The van der Waals surface area contributed by atoms with Gasteiger partial charge in [-0.1, -0.05) is 0 Å². The topological polar surface area (TPSA) is 75.4 Å². The zero-order chi connectivity index (χ0) is 19.8. The fourth-order valence-electron chi connectivity index (χ4n) is 2.64. The number of hydrogen-bond acceptors (Lipinski definition) is 4. The van der Waals surface area contributed by atoms with E-state index in [1.807, 2.05) is 18.2 Å². The summed E-state index contributed by atoms with van der Waals surface area (Å²) in [5.74, 6) is 0.412. The lowest BCUT2D eigenvalue weighted by atomic mass is 10.2. The Kier molecular flexibility index (Phi) is 5.61. The maximum absolute atomic E-state index is 12.6. The summed E-state index contributed by atoms with van der Waals surface area (Å²) in [6.07, 6.45) is 0. The van der Waals surface area contributed by atoms with E-state index >= 15 is 0 Å². The molecule has 2 N–H and O–H groups in total. The first-order chi connectivity index (χ1) is 13.4. The molecule has 0 aliphatic heterocycles. The molecule has 4 rings (SSSR count). The first kappa shape index (κ1) is 19.6. The lowest BCUT2D eigenvalue weighted by molar-refractivity contribution is 0.102. The van der Waals surface area contributed by atoms with Crippen LogP contribution >= 0.6 is 61.1 Å².